The Morgan fingerprint density at radius 1 is 1.33 bits per heavy atom. The second-order valence-electron chi connectivity index (χ2n) is 5.81. The lowest BCUT2D eigenvalue weighted by atomic mass is 9.68. The lowest BCUT2D eigenvalue weighted by Crippen LogP contribution is -2.35. The van der Waals surface area contributed by atoms with Gasteiger partial charge in [-0.3, -0.25) is 9.59 Å². The van der Waals surface area contributed by atoms with Gasteiger partial charge in [-0.2, -0.15) is 0 Å². The van der Waals surface area contributed by atoms with Crippen LogP contribution in [0, 0.1) is 11.3 Å². The number of ether oxygens (including phenoxy) is 1. The van der Waals surface area contributed by atoms with E-state index in [1.165, 1.54) is 6.08 Å². The molecule has 0 bridgehead atoms. The highest BCUT2D eigenvalue weighted by atomic mass is 16.5. The highest BCUT2D eigenvalue weighted by Crippen LogP contribution is 2.51. The van der Waals surface area contributed by atoms with Crippen LogP contribution in [-0.2, 0) is 14.3 Å². The van der Waals surface area contributed by atoms with Crippen molar-refractivity contribution in [2.75, 3.05) is 0 Å². The molecule has 3 rings (SSSR count). The van der Waals surface area contributed by atoms with Gasteiger partial charge < -0.3 is 4.74 Å². The average Bonchev–Trinajstić information content (AvgIpc) is 2.50. The van der Waals surface area contributed by atoms with Crippen molar-refractivity contribution in [3.05, 3.63) is 35.1 Å². The molecule has 18 heavy (non-hydrogen) atoms. The van der Waals surface area contributed by atoms with E-state index in [0.717, 1.165) is 5.57 Å². The van der Waals surface area contributed by atoms with E-state index < -0.39 is 0 Å². The van der Waals surface area contributed by atoms with Gasteiger partial charge in [-0.25, -0.2) is 0 Å². The zero-order valence-electron chi connectivity index (χ0n) is 10.8. The number of hydrogen-bond acceptors (Lipinski definition) is 3. The molecule has 0 amide bonds. The number of hydrogen-bond donors (Lipinski definition) is 0. The molecular weight excluding hydrogens is 228 g/mol. The zero-order valence-corrected chi connectivity index (χ0v) is 10.8. The molecule has 1 saturated heterocycles. The first-order chi connectivity index (χ1) is 8.43. The molecule has 0 radical (unpaired) electrons. The Labute approximate surface area is 106 Å². The van der Waals surface area contributed by atoms with Crippen LogP contribution in [-0.4, -0.2) is 17.7 Å². The van der Waals surface area contributed by atoms with Gasteiger partial charge in [0.1, 0.15) is 17.6 Å². The predicted molar refractivity (Wildman–Crippen MR) is 66.7 cm³/mol. The molecule has 3 heteroatoms. The third-order valence-electron chi connectivity index (χ3n) is 4.40. The average molecular weight is 244 g/mol. The number of rotatable bonds is 0. The fraction of sp³-hybridized carbons (Fsp3) is 0.467. The van der Waals surface area contributed by atoms with Gasteiger partial charge in [-0.15, -0.1) is 0 Å². The van der Waals surface area contributed by atoms with Crippen molar-refractivity contribution < 1.29 is 14.3 Å². The molecular formula is C15H16O3. The molecule has 0 saturated carbocycles. The molecule has 3 nitrogen and oxygen atoms in total. The third kappa shape index (κ3) is 1.30. The summed E-state index contributed by atoms with van der Waals surface area (Å²) in [6.45, 7) is 6.03. The Bertz CT molecular complexity index is 546. The first-order valence-electron chi connectivity index (χ1n) is 6.28. The van der Waals surface area contributed by atoms with E-state index in [1.54, 1.807) is 6.08 Å². The van der Waals surface area contributed by atoms with E-state index in [0.29, 0.717) is 17.8 Å². The van der Waals surface area contributed by atoms with Crippen molar-refractivity contribution in [3.8, 4) is 0 Å². The van der Waals surface area contributed by atoms with Crippen molar-refractivity contribution in [1.29, 1.82) is 0 Å². The van der Waals surface area contributed by atoms with Gasteiger partial charge >= 0.3 is 0 Å². The lowest BCUT2D eigenvalue weighted by Gasteiger charge is -2.29. The van der Waals surface area contributed by atoms with Crippen LogP contribution >= 0.6 is 0 Å². The largest absolute Gasteiger partial charge is 0.493 e. The summed E-state index contributed by atoms with van der Waals surface area (Å²) >= 11 is 0. The Hall–Kier alpha value is -1.64. The Morgan fingerprint density at radius 2 is 2.06 bits per heavy atom. The number of carbonyl (C=O) groups is 2. The second-order valence-corrected chi connectivity index (χ2v) is 5.81. The molecule has 0 aromatic carbocycles. The number of Topliss-reactive ketones (excluding diaryl/α,β-unsaturated/α-hetero) is 1. The van der Waals surface area contributed by atoms with Crippen molar-refractivity contribution in [2.24, 2.45) is 11.3 Å². The summed E-state index contributed by atoms with van der Waals surface area (Å²) in [6, 6.07) is 0. The molecule has 1 aliphatic heterocycles. The molecule has 0 spiro atoms. The van der Waals surface area contributed by atoms with E-state index >= 15 is 0 Å². The van der Waals surface area contributed by atoms with E-state index in [2.05, 4.69) is 0 Å². The highest BCUT2D eigenvalue weighted by Gasteiger charge is 2.53. The van der Waals surface area contributed by atoms with Crippen LogP contribution in [0.1, 0.15) is 27.2 Å². The zero-order chi connectivity index (χ0) is 13.1. The van der Waals surface area contributed by atoms with Crippen LogP contribution < -0.4 is 0 Å². The molecule has 0 aromatic rings. The number of allylic oxidation sites excluding steroid dienone is 6. The summed E-state index contributed by atoms with van der Waals surface area (Å²) < 4.78 is 5.85. The van der Waals surface area contributed by atoms with Gasteiger partial charge in [0, 0.05) is 11.8 Å². The molecule has 1 heterocycles. The molecule has 2 unspecified atom stereocenters. The van der Waals surface area contributed by atoms with Gasteiger partial charge in [-0.05, 0) is 18.6 Å². The minimum absolute atomic E-state index is 0.0371. The molecule has 94 valence electrons. The minimum atomic E-state index is -0.268. The Morgan fingerprint density at radius 3 is 2.78 bits per heavy atom. The van der Waals surface area contributed by atoms with Gasteiger partial charge in [0.25, 0.3) is 0 Å². The number of ketones is 2. The standard InChI is InChI=1S/C15H16O3/c1-8-15(2,3)13-11(17)7-9-5-4-6-10(16)12(9)14(13)18-8/h4-6,8,13H,7H2,1-3H3. The number of carbonyl (C=O) groups excluding carboxylic acids is 2. The van der Waals surface area contributed by atoms with E-state index in [1.807, 2.05) is 26.8 Å². The highest BCUT2D eigenvalue weighted by molar-refractivity contribution is 6.12. The summed E-state index contributed by atoms with van der Waals surface area (Å²) in [4.78, 5) is 24.3. The maximum absolute atomic E-state index is 12.3. The maximum Gasteiger partial charge on any atom is 0.189 e. The Kier molecular flexibility index (Phi) is 2.19. The summed E-state index contributed by atoms with van der Waals surface area (Å²) in [6.07, 6.45) is 5.39. The van der Waals surface area contributed by atoms with Crippen LogP contribution in [0.25, 0.3) is 0 Å². The SMILES string of the molecule is CC1OC2=C3C(=O)C=CC=C3CC(=O)C2C1(C)C. The third-order valence-corrected chi connectivity index (χ3v) is 4.40. The molecule has 0 N–H and O–H groups in total. The van der Waals surface area contributed by atoms with E-state index in [-0.39, 0.29) is 29.0 Å². The maximum atomic E-state index is 12.3. The summed E-state index contributed by atoms with van der Waals surface area (Å²) in [7, 11) is 0. The molecule has 2 atom stereocenters. The van der Waals surface area contributed by atoms with Gasteiger partial charge in [0.05, 0.1) is 11.5 Å². The fourth-order valence-corrected chi connectivity index (χ4v) is 3.04. The van der Waals surface area contributed by atoms with Crippen LogP contribution in [0.3, 0.4) is 0 Å². The normalized spacial score (nSPS) is 32.9. The summed E-state index contributed by atoms with van der Waals surface area (Å²) in [5, 5.41) is 0. The van der Waals surface area contributed by atoms with Crippen molar-refractivity contribution in [2.45, 2.75) is 33.3 Å². The fourth-order valence-electron chi connectivity index (χ4n) is 3.04. The topological polar surface area (TPSA) is 43.4 Å². The summed E-state index contributed by atoms with van der Waals surface area (Å²) in [5.74, 6) is 0.460. The van der Waals surface area contributed by atoms with Crippen molar-refractivity contribution >= 4 is 11.6 Å². The van der Waals surface area contributed by atoms with Crippen LogP contribution in [0.2, 0.25) is 0 Å². The van der Waals surface area contributed by atoms with Gasteiger partial charge in [0.15, 0.2) is 5.78 Å². The van der Waals surface area contributed by atoms with Crippen LogP contribution in [0.5, 0.6) is 0 Å². The quantitative estimate of drug-likeness (QED) is 0.657. The van der Waals surface area contributed by atoms with Crippen molar-refractivity contribution in [3.63, 3.8) is 0 Å². The first-order valence-corrected chi connectivity index (χ1v) is 6.28. The second kappa shape index (κ2) is 3.44. The smallest absolute Gasteiger partial charge is 0.189 e. The van der Waals surface area contributed by atoms with Crippen molar-refractivity contribution in [1.82, 2.24) is 0 Å². The molecule has 2 aliphatic carbocycles. The van der Waals surface area contributed by atoms with E-state index in [9.17, 15) is 9.59 Å². The van der Waals surface area contributed by atoms with Crippen LogP contribution in [0.4, 0.5) is 0 Å². The van der Waals surface area contributed by atoms with Gasteiger partial charge in [-0.1, -0.05) is 26.0 Å². The minimum Gasteiger partial charge on any atom is -0.493 e. The number of fused-ring (bicyclic) bond motifs is 2. The molecule has 3 aliphatic rings. The predicted octanol–water partition coefficient (Wildman–Crippen LogP) is 2.34. The summed E-state index contributed by atoms with van der Waals surface area (Å²) in [5.41, 5.74) is 1.19. The van der Waals surface area contributed by atoms with E-state index in [4.69, 9.17) is 4.74 Å². The monoisotopic (exact) mass is 244 g/mol. The van der Waals surface area contributed by atoms with Crippen LogP contribution in [0.15, 0.2) is 35.1 Å². The van der Waals surface area contributed by atoms with Gasteiger partial charge in [0.2, 0.25) is 0 Å². The lowest BCUT2D eigenvalue weighted by molar-refractivity contribution is -0.123. The molecule has 1 fully saturated rings. The Balaban J connectivity index is 2.22. The first kappa shape index (κ1) is 11.5. The molecule has 0 aromatic heterocycles.